The maximum atomic E-state index is 10.00. The van der Waals surface area contributed by atoms with Gasteiger partial charge in [0, 0.05) is 93.9 Å². The van der Waals surface area contributed by atoms with Gasteiger partial charge in [0.15, 0.2) is 8.24 Å². The first-order valence-corrected chi connectivity index (χ1v) is 74.0. The number of phenols is 6. The van der Waals surface area contributed by atoms with Crippen LogP contribution in [0.25, 0.3) is 32.3 Å². The molecular formula is C86H82Br6Cl6N6O6SiTi6. The van der Waals surface area contributed by atoms with Gasteiger partial charge in [0.25, 0.3) is 0 Å². The molecule has 0 bridgehead atoms. The minimum absolute atomic E-state index is 0.125. The van der Waals surface area contributed by atoms with Gasteiger partial charge in [-0.05, 0) is 171 Å². The fourth-order valence-corrected chi connectivity index (χ4v) is 10.3. The molecule has 604 valence electrons. The molecule has 0 heterocycles. The first kappa shape index (κ1) is 110. The van der Waals surface area contributed by atoms with Crippen LogP contribution in [-0.2, 0) is 96.0 Å². The molecule has 6 N–H and O–H groups in total. The molecule has 0 aliphatic heterocycles. The molecule has 13 aromatic carbocycles. The topological polar surface area (TPSA) is 196 Å². The molecule has 0 saturated heterocycles. The van der Waals surface area contributed by atoms with E-state index in [1.165, 1.54) is 5.56 Å². The van der Waals surface area contributed by atoms with Crippen LogP contribution in [-0.4, -0.2) is 83.2 Å². The third kappa shape index (κ3) is 45.7. The van der Waals surface area contributed by atoms with Crippen LogP contribution in [0.1, 0.15) is 55.6 Å². The second-order valence-corrected chi connectivity index (χ2v) is 60.3. The number of phenolic OH excluding ortho intramolecular Hbond substituents is 6. The summed E-state index contributed by atoms with van der Waals surface area (Å²) in [6.45, 7) is 14.3. The SMILES string of the molecule is CN=Cc1ccccc1O.C[Si](C)(C)N=Cc1ccccc1O.Cc1ccc(C)c(N=Cc2ccccc2O)c1.Cc1cccc(C=Nc2cccc3ccccc23)c1O.Cc1cccc(C=Nc2cccc3ccccc23)c1O.Oc1ccccc1C=Nc1cccc2ccccc12.[Br][Ti][Br].[Br][Ti][Br].[Br][Ti][Br].[Cl][Ti][Cl].[Cl][Ti][Cl].[Cl][Ti][Cl]. The molecule has 0 radical (unpaired) electrons. The van der Waals surface area contributed by atoms with Gasteiger partial charge in [-0.25, -0.2) is 0 Å². The van der Waals surface area contributed by atoms with Crippen molar-refractivity contribution in [1.82, 2.24) is 0 Å². The molecule has 0 aromatic heterocycles. The van der Waals surface area contributed by atoms with Crippen LogP contribution in [0.5, 0.6) is 34.5 Å². The third-order valence-corrected chi connectivity index (χ3v) is 16.1. The molecule has 0 atom stereocenters. The van der Waals surface area contributed by atoms with Crippen LogP contribution >= 0.6 is 135 Å². The predicted octanol–water partition coefficient (Wildman–Crippen LogP) is 30.5. The Morgan fingerprint density at radius 3 is 0.846 bits per heavy atom. The van der Waals surface area contributed by atoms with E-state index in [-0.39, 0.29) is 73.6 Å². The summed E-state index contributed by atoms with van der Waals surface area (Å²) in [4.78, 5) is 21.7. The van der Waals surface area contributed by atoms with Crippen LogP contribution in [0.4, 0.5) is 22.7 Å². The van der Waals surface area contributed by atoms with Crippen molar-refractivity contribution < 1.29 is 127 Å². The van der Waals surface area contributed by atoms with E-state index < -0.39 is 59.3 Å². The number of benzene rings is 13. The standard InChI is InChI=1S/2C18H15NO.C17H13NO.C15H15NO.C10H15NOSi.C8H9NO.6BrH.6ClH.6Ti/c2*1-13-6-4-9-15(18(13)20)12-19-17-11-5-8-14-7-2-3-10-16(14)17;19-17-11-4-2-7-14(17)12-18-16-10-5-8-13-6-1-3-9-15(13)16;1-11-7-8-12(2)14(9-11)16-10-13-5-3-4-6-15(13)17;1-13(2,3)11-8-9-6-4-5-7-10(9)12;1-9-6-7-4-2-3-5-8(7)10;;;;;;;;;;;;;;;;;;/h2*2-12,20H,1H3;1-12,19H;3-10,17H,1-2H3;4-8,12H,1-3H3;2-6,10H,1H3;12*1H;;;;;;/q;;;;;;;;;;;;;;;;;;6*+2/p-12. The summed E-state index contributed by atoms with van der Waals surface area (Å²) in [5, 5.41) is 64.7. The fourth-order valence-electron chi connectivity index (χ4n) is 9.74. The van der Waals surface area contributed by atoms with E-state index >= 15 is 0 Å². The van der Waals surface area contributed by atoms with Gasteiger partial charge >= 0.3 is 231 Å². The number of nitrogens with zero attached hydrogens (tertiary/aromatic N) is 6. The van der Waals surface area contributed by atoms with E-state index in [9.17, 15) is 25.5 Å². The van der Waals surface area contributed by atoms with Gasteiger partial charge in [0.05, 0.1) is 22.7 Å². The number of aliphatic imine (C=N–C) groups is 5. The predicted molar refractivity (Wildman–Crippen MR) is 508 cm³/mol. The molecule has 0 fully saturated rings. The normalized spacial score (nSPS) is 10.2. The van der Waals surface area contributed by atoms with Crippen molar-refractivity contribution in [3.05, 3.63) is 335 Å². The molecule has 117 heavy (non-hydrogen) atoms. The number of hydrogen-bond donors (Lipinski definition) is 6. The first-order valence-electron chi connectivity index (χ1n) is 34.5. The summed E-state index contributed by atoms with van der Waals surface area (Å²) in [6.07, 6.45) is 10.2. The van der Waals surface area contributed by atoms with E-state index in [2.05, 4.69) is 183 Å². The van der Waals surface area contributed by atoms with Crippen LogP contribution in [0.2, 0.25) is 19.6 Å². The number of para-hydroxylation sites is 6. The Morgan fingerprint density at radius 1 is 0.291 bits per heavy atom. The molecular weight excluding hydrogens is 2220 g/mol. The van der Waals surface area contributed by atoms with Gasteiger partial charge in [-0.2, -0.15) is 0 Å². The van der Waals surface area contributed by atoms with Crippen LogP contribution < -0.4 is 0 Å². The van der Waals surface area contributed by atoms with Crippen molar-refractivity contribution in [2.45, 2.75) is 47.3 Å². The van der Waals surface area contributed by atoms with Gasteiger partial charge in [-0.1, -0.05) is 194 Å². The number of aryl methyl sites for hydroxylation is 4. The quantitative estimate of drug-likeness (QED) is 0.0550. The molecule has 0 saturated carbocycles. The Kier molecular flexibility index (Phi) is 62.8. The Labute approximate surface area is 803 Å². The van der Waals surface area contributed by atoms with E-state index in [4.69, 9.17) is 60.9 Å². The molecule has 0 aliphatic carbocycles. The van der Waals surface area contributed by atoms with Crippen molar-refractivity contribution in [3.8, 4) is 34.5 Å². The van der Waals surface area contributed by atoms with Crippen LogP contribution in [0, 0.1) is 27.7 Å². The summed E-state index contributed by atoms with van der Waals surface area (Å²) in [7, 11) is 29.6. The summed E-state index contributed by atoms with van der Waals surface area (Å²) in [5.41, 5.74) is 12.1. The van der Waals surface area contributed by atoms with E-state index in [0.29, 0.717) is 5.75 Å². The number of fused-ring (bicyclic) bond motifs is 3. The minimum atomic E-state index is -1.40. The summed E-state index contributed by atoms with van der Waals surface area (Å²) in [6, 6.07) is 88.6. The average Bonchev–Trinajstić information content (AvgIpc) is 0.833. The Bertz CT molecular complexity index is 5060. The Morgan fingerprint density at radius 2 is 0.538 bits per heavy atom. The average molecular weight is 2300 g/mol. The van der Waals surface area contributed by atoms with E-state index in [1.54, 1.807) is 92.9 Å². The van der Waals surface area contributed by atoms with E-state index in [0.717, 1.165) is 105 Å². The second-order valence-electron chi connectivity index (χ2n) is 24.3. The van der Waals surface area contributed by atoms with Gasteiger partial charge in [-0.3, -0.25) is 25.0 Å². The van der Waals surface area contributed by atoms with Gasteiger partial charge in [0.1, 0.15) is 34.5 Å². The van der Waals surface area contributed by atoms with Crippen molar-refractivity contribution in [1.29, 1.82) is 0 Å². The zero-order valence-electron chi connectivity index (χ0n) is 64.4. The molecule has 0 amide bonds. The zero-order valence-corrected chi connectivity index (χ0v) is 88.8. The Balaban J connectivity index is 0.000000461. The van der Waals surface area contributed by atoms with Crippen molar-refractivity contribution in [2.24, 2.45) is 29.6 Å². The number of aromatic hydroxyl groups is 6. The number of halogens is 12. The number of rotatable bonds is 11. The molecule has 0 aliphatic rings. The second kappa shape index (κ2) is 67.1. The Hall–Kier alpha value is -3.42. The third-order valence-electron chi connectivity index (χ3n) is 15.2. The van der Waals surface area contributed by atoms with Crippen LogP contribution in [0.15, 0.2) is 309 Å². The number of hydrogen-bond acceptors (Lipinski definition) is 12. The van der Waals surface area contributed by atoms with Crippen molar-refractivity contribution in [2.75, 3.05) is 7.05 Å². The molecule has 13 aromatic rings. The van der Waals surface area contributed by atoms with Crippen molar-refractivity contribution >= 4 is 235 Å². The van der Waals surface area contributed by atoms with E-state index in [1.807, 2.05) is 204 Å². The summed E-state index contributed by atoms with van der Waals surface area (Å²) in [5.74, 6) is 1.64. The maximum absolute atomic E-state index is 10.00. The summed E-state index contributed by atoms with van der Waals surface area (Å²) < 4.78 is 4.44. The molecule has 31 heteroatoms. The molecule has 0 unspecified atom stereocenters. The fraction of sp³-hybridized carbons (Fsp3) is 0.0930. The van der Waals surface area contributed by atoms with Gasteiger partial charge in [0.2, 0.25) is 0 Å². The monoisotopic (exact) mass is 2290 g/mol. The van der Waals surface area contributed by atoms with Crippen LogP contribution in [0.3, 0.4) is 0 Å². The first-order chi connectivity index (χ1) is 56.3. The van der Waals surface area contributed by atoms with Crippen molar-refractivity contribution in [3.63, 3.8) is 0 Å². The van der Waals surface area contributed by atoms with Gasteiger partial charge < -0.3 is 35.3 Å². The molecule has 0 spiro atoms. The van der Waals surface area contributed by atoms with Gasteiger partial charge in [-0.15, -0.1) is 0 Å². The summed E-state index contributed by atoms with van der Waals surface area (Å²) >= 11 is 17.8. The molecule has 13 rings (SSSR count). The zero-order chi connectivity index (χ0) is 86.8. The molecule has 12 nitrogen and oxygen atoms in total.